The molecule has 1 aliphatic heterocycles. The smallest absolute Gasteiger partial charge is 0.406 e. The van der Waals surface area contributed by atoms with Crippen molar-refractivity contribution in [3.8, 4) is 5.75 Å². The van der Waals surface area contributed by atoms with E-state index >= 15 is 0 Å². The molecular formula is C22H23F3N8O2. The van der Waals surface area contributed by atoms with E-state index in [0.717, 1.165) is 5.56 Å². The number of anilines is 5. The van der Waals surface area contributed by atoms with E-state index in [1.54, 1.807) is 12.1 Å². The molecule has 0 aliphatic carbocycles. The van der Waals surface area contributed by atoms with E-state index in [2.05, 4.69) is 35.5 Å². The standard InChI is InChI=1S/C22H23F3N8O2/c1-14(15-3-2-4-16(26)13-15)31-32-20-28-19(29-21(30-20)33-9-11-34-12-10-33)27-17-5-7-18(8-6-17)35-22(23,24)25/h2-8,13H,9-12,26H2,1H3,(H2,27,28,29,30,32)/b31-14+. The Morgan fingerprint density at radius 3 is 2.46 bits per heavy atom. The van der Waals surface area contributed by atoms with Crippen LogP contribution in [0.4, 0.5) is 42.4 Å². The maximum absolute atomic E-state index is 12.4. The molecule has 1 aromatic heterocycles. The topological polar surface area (TPSA) is 123 Å². The summed E-state index contributed by atoms with van der Waals surface area (Å²) in [6.07, 6.45) is -4.76. The van der Waals surface area contributed by atoms with Gasteiger partial charge in [0.1, 0.15) is 5.75 Å². The van der Waals surface area contributed by atoms with Crippen molar-refractivity contribution in [3.63, 3.8) is 0 Å². The third kappa shape index (κ3) is 6.93. The largest absolute Gasteiger partial charge is 0.573 e. The summed E-state index contributed by atoms with van der Waals surface area (Å²) in [7, 11) is 0. The highest BCUT2D eigenvalue weighted by molar-refractivity contribution is 5.99. The van der Waals surface area contributed by atoms with Gasteiger partial charge in [0, 0.05) is 24.5 Å². The fourth-order valence-corrected chi connectivity index (χ4v) is 3.21. The van der Waals surface area contributed by atoms with Gasteiger partial charge in [-0.3, -0.25) is 0 Å². The lowest BCUT2D eigenvalue weighted by molar-refractivity contribution is -0.274. The van der Waals surface area contributed by atoms with Crippen molar-refractivity contribution in [2.75, 3.05) is 47.7 Å². The Bertz CT molecular complexity index is 1180. The molecule has 2 aromatic carbocycles. The number of hydrazone groups is 1. The van der Waals surface area contributed by atoms with E-state index in [0.29, 0.717) is 49.3 Å². The molecule has 1 aliphatic rings. The summed E-state index contributed by atoms with van der Waals surface area (Å²) >= 11 is 0. The second-order valence-corrected chi connectivity index (χ2v) is 7.51. The van der Waals surface area contributed by atoms with E-state index in [1.165, 1.54) is 24.3 Å². The van der Waals surface area contributed by atoms with Crippen LogP contribution in [0.3, 0.4) is 0 Å². The molecule has 1 fully saturated rings. The first-order chi connectivity index (χ1) is 16.7. The first-order valence-corrected chi connectivity index (χ1v) is 10.6. The van der Waals surface area contributed by atoms with Gasteiger partial charge in [0.15, 0.2) is 0 Å². The SMILES string of the molecule is C/C(=N\Nc1nc(Nc2ccc(OC(F)(F)F)cc2)nc(N2CCOCC2)n1)c1cccc(N)c1. The number of nitrogens with zero attached hydrogens (tertiary/aromatic N) is 5. The first kappa shape index (κ1) is 24.0. The Morgan fingerprint density at radius 2 is 1.77 bits per heavy atom. The van der Waals surface area contributed by atoms with Crippen LogP contribution < -0.4 is 26.1 Å². The number of hydrogen-bond donors (Lipinski definition) is 3. The van der Waals surface area contributed by atoms with Crippen LogP contribution in [0.5, 0.6) is 5.75 Å². The Balaban J connectivity index is 1.56. The van der Waals surface area contributed by atoms with Crippen LogP contribution >= 0.6 is 0 Å². The van der Waals surface area contributed by atoms with Gasteiger partial charge >= 0.3 is 6.36 Å². The number of halogens is 3. The molecule has 0 unspecified atom stereocenters. The highest BCUT2D eigenvalue weighted by Gasteiger charge is 2.31. The zero-order valence-corrected chi connectivity index (χ0v) is 18.7. The molecule has 2 heterocycles. The molecular weight excluding hydrogens is 465 g/mol. The number of alkyl halides is 3. The Hall–Kier alpha value is -4.13. The van der Waals surface area contributed by atoms with Gasteiger partial charge in [-0.2, -0.15) is 20.1 Å². The van der Waals surface area contributed by atoms with E-state index in [9.17, 15) is 13.2 Å². The molecule has 0 saturated carbocycles. The summed E-state index contributed by atoms with van der Waals surface area (Å²) in [5, 5.41) is 7.33. The van der Waals surface area contributed by atoms with Gasteiger partial charge in [-0.25, -0.2) is 5.43 Å². The lowest BCUT2D eigenvalue weighted by Crippen LogP contribution is -2.37. The average Bonchev–Trinajstić information content (AvgIpc) is 2.83. The van der Waals surface area contributed by atoms with Crippen molar-refractivity contribution in [2.24, 2.45) is 5.10 Å². The number of aromatic nitrogens is 3. The van der Waals surface area contributed by atoms with Crippen LogP contribution in [-0.4, -0.2) is 53.3 Å². The molecule has 0 bridgehead atoms. The molecule has 35 heavy (non-hydrogen) atoms. The molecule has 10 nitrogen and oxygen atoms in total. The van der Waals surface area contributed by atoms with Crippen LogP contribution in [0.2, 0.25) is 0 Å². The number of nitrogens with one attached hydrogen (secondary N) is 2. The molecule has 13 heteroatoms. The van der Waals surface area contributed by atoms with Crippen LogP contribution in [-0.2, 0) is 4.74 Å². The normalized spacial score (nSPS) is 14.5. The number of rotatable bonds is 7. The molecule has 0 atom stereocenters. The van der Waals surface area contributed by atoms with E-state index in [-0.39, 0.29) is 17.6 Å². The van der Waals surface area contributed by atoms with Crippen LogP contribution in [0.15, 0.2) is 53.6 Å². The first-order valence-electron chi connectivity index (χ1n) is 10.6. The average molecular weight is 488 g/mol. The highest BCUT2D eigenvalue weighted by Crippen LogP contribution is 2.25. The number of ether oxygens (including phenoxy) is 2. The third-order valence-electron chi connectivity index (χ3n) is 4.89. The van der Waals surface area contributed by atoms with Crippen molar-refractivity contribution < 1.29 is 22.6 Å². The second-order valence-electron chi connectivity index (χ2n) is 7.51. The fraction of sp³-hybridized carbons (Fsp3) is 0.273. The lowest BCUT2D eigenvalue weighted by atomic mass is 10.1. The van der Waals surface area contributed by atoms with Crippen LogP contribution in [0.1, 0.15) is 12.5 Å². The second kappa shape index (κ2) is 10.4. The zero-order valence-electron chi connectivity index (χ0n) is 18.7. The lowest BCUT2D eigenvalue weighted by Gasteiger charge is -2.27. The molecule has 4 N–H and O–H groups in total. The number of benzene rings is 2. The monoisotopic (exact) mass is 488 g/mol. The number of nitrogen functional groups attached to an aromatic ring is 1. The minimum atomic E-state index is -4.76. The van der Waals surface area contributed by atoms with Gasteiger partial charge in [-0.05, 0) is 48.9 Å². The molecule has 0 radical (unpaired) electrons. The quantitative estimate of drug-likeness (QED) is 0.259. The third-order valence-corrected chi connectivity index (χ3v) is 4.89. The maximum atomic E-state index is 12.4. The van der Waals surface area contributed by atoms with Gasteiger partial charge in [0.2, 0.25) is 17.8 Å². The van der Waals surface area contributed by atoms with Gasteiger partial charge in [0.25, 0.3) is 0 Å². The minimum Gasteiger partial charge on any atom is -0.406 e. The maximum Gasteiger partial charge on any atom is 0.573 e. The van der Waals surface area contributed by atoms with Crippen molar-refractivity contribution in [3.05, 3.63) is 54.1 Å². The number of hydrogen-bond acceptors (Lipinski definition) is 10. The zero-order chi connectivity index (χ0) is 24.8. The Labute approximate surface area is 199 Å². The van der Waals surface area contributed by atoms with Crippen molar-refractivity contribution in [2.45, 2.75) is 13.3 Å². The van der Waals surface area contributed by atoms with Gasteiger partial charge in [-0.1, -0.05) is 12.1 Å². The Kier molecular flexibility index (Phi) is 7.15. The van der Waals surface area contributed by atoms with Crippen LogP contribution in [0, 0.1) is 0 Å². The summed E-state index contributed by atoms with van der Waals surface area (Å²) < 4.78 is 46.5. The Morgan fingerprint density at radius 1 is 1.06 bits per heavy atom. The summed E-state index contributed by atoms with van der Waals surface area (Å²) in [4.78, 5) is 15.2. The van der Waals surface area contributed by atoms with Crippen molar-refractivity contribution in [1.29, 1.82) is 0 Å². The summed E-state index contributed by atoms with van der Waals surface area (Å²) in [6.45, 7) is 4.07. The summed E-state index contributed by atoms with van der Waals surface area (Å²) in [6, 6.07) is 12.5. The van der Waals surface area contributed by atoms with Crippen molar-refractivity contribution >= 4 is 34.9 Å². The molecule has 0 amide bonds. The van der Waals surface area contributed by atoms with E-state index in [4.69, 9.17) is 10.5 Å². The fourth-order valence-electron chi connectivity index (χ4n) is 3.21. The van der Waals surface area contributed by atoms with Gasteiger partial charge in [-0.15, -0.1) is 13.2 Å². The van der Waals surface area contributed by atoms with E-state index in [1.807, 2.05) is 24.0 Å². The molecule has 184 valence electrons. The minimum absolute atomic E-state index is 0.185. The predicted octanol–water partition coefficient (Wildman–Crippen LogP) is 3.77. The molecule has 1 saturated heterocycles. The van der Waals surface area contributed by atoms with Crippen molar-refractivity contribution in [1.82, 2.24) is 15.0 Å². The van der Waals surface area contributed by atoms with Crippen LogP contribution in [0.25, 0.3) is 0 Å². The summed E-state index contributed by atoms with van der Waals surface area (Å²) in [5.74, 6) is 0.443. The predicted molar refractivity (Wildman–Crippen MR) is 126 cm³/mol. The molecule has 3 aromatic rings. The van der Waals surface area contributed by atoms with Gasteiger partial charge < -0.3 is 25.4 Å². The number of morpholine rings is 1. The highest BCUT2D eigenvalue weighted by atomic mass is 19.4. The molecule has 0 spiro atoms. The molecule has 4 rings (SSSR count). The van der Waals surface area contributed by atoms with E-state index < -0.39 is 6.36 Å². The summed E-state index contributed by atoms with van der Waals surface area (Å²) in [5.41, 5.74) is 11.3. The van der Waals surface area contributed by atoms with Gasteiger partial charge in [0.05, 0.1) is 18.9 Å². The number of nitrogens with two attached hydrogens (primary N) is 1.